The summed E-state index contributed by atoms with van der Waals surface area (Å²) >= 11 is 1.34. The summed E-state index contributed by atoms with van der Waals surface area (Å²) in [6.45, 7) is 0. The average Bonchev–Trinajstić information content (AvgIpc) is 2.71. The third-order valence-corrected chi connectivity index (χ3v) is 4.60. The number of nitrogen functional groups attached to an aromatic ring is 1. The Balaban J connectivity index is 1.77. The first-order chi connectivity index (χ1) is 9.19. The van der Waals surface area contributed by atoms with Crippen molar-refractivity contribution in [2.75, 3.05) is 12.8 Å². The molecule has 100 valence electrons. The van der Waals surface area contributed by atoms with Crippen LogP contribution in [0.2, 0.25) is 0 Å². The monoisotopic (exact) mass is 277 g/mol. The highest BCUT2D eigenvalue weighted by Gasteiger charge is 2.31. The molecule has 0 saturated heterocycles. The summed E-state index contributed by atoms with van der Waals surface area (Å²) < 4.78 is 5.19. The molecule has 5 nitrogen and oxygen atoms in total. The van der Waals surface area contributed by atoms with Gasteiger partial charge in [-0.25, -0.2) is 4.98 Å². The summed E-state index contributed by atoms with van der Waals surface area (Å²) in [5.74, 6) is -0.111. The molecule has 2 heterocycles. The van der Waals surface area contributed by atoms with E-state index in [1.165, 1.54) is 11.3 Å². The van der Waals surface area contributed by atoms with Crippen LogP contribution in [0.5, 0.6) is 0 Å². The predicted molar refractivity (Wildman–Crippen MR) is 75.3 cm³/mol. The van der Waals surface area contributed by atoms with Crippen molar-refractivity contribution in [3.05, 3.63) is 23.2 Å². The first kappa shape index (κ1) is 12.4. The Bertz CT molecular complexity index is 619. The topological polar surface area (TPSA) is 77.2 Å². The van der Waals surface area contributed by atoms with Gasteiger partial charge in [0.25, 0.3) is 5.91 Å². The minimum atomic E-state index is -0.111. The summed E-state index contributed by atoms with van der Waals surface area (Å²) in [6, 6.07) is 3.90. The van der Waals surface area contributed by atoms with E-state index in [-0.39, 0.29) is 18.1 Å². The van der Waals surface area contributed by atoms with Crippen molar-refractivity contribution < 1.29 is 9.53 Å². The van der Waals surface area contributed by atoms with Gasteiger partial charge in [0, 0.05) is 24.7 Å². The van der Waals surface area contributed by atoms with Crippen LogP contribution < -0.4 is 11.1 Å². The van der Waals surface area contributed by atoms with Gasteiger partial charge in [0.1, 0.15) is 9.71 Å². The molecule has 19 heavy (non-hydrogen) atoms. The van der Waals surface area contributed by atoms with Crippen molar-refractivity contribution in [2.45, 2.75) is 25.0 Å². The summed E-state index contributed by atoms with van der Waals surface area (Å²) in [7, 11) is 1.69. The quantitative estimate of drug-likeness (QED) is 0.896. The summed E-state index contributed by atoms with van der Waals surface area (Å²) in [6.07, 6.45) is 3.71. The fraction of sp³-hybridized carbons (Fsp3) is 0.385. The van der Waals surface area contributed by atoms with Crippen molar-refractivity contribution in [1.82, 2.24) is 10.3 Å². The number of nitrogens with one attached hydrogen (secondary N) is 1. The van der Waals surface area contributed by atoms with Crippen molar-refractivity contribution in [3.8, 4) is 0 Å². The third-order valence-electron chi connectivity index (χ3n) is 3.47. The van der Waals surface area contributed by atoms with Gasteiger partial charge >= 0.3 is 0 Å². The number of methoxy groups -OCH3 is 1. The summed E-state index contributed by atoms with van der Waals surface area (Å²) in [4.78, 5) is 17.8. The molecule has 3 N–H and O–H groups in total. The lowest BCUT2D eigenvalue weighted by Gasteiger charge is -2.34. The van der Waals surface area contributed by atoms with Gasteiger partial charge in [-0.1, -0.05) is 0 Å². The standard InChI is InChI=1S/C13H15N3O2S/c1-18-8-5-7(6-8)16-12(17)11-10(14)9-3-2-4-15-13(9)19-11/h2-4,7-8H,5-6,14H2,1H3,(H,16,17). The minimum absolute atomic E-state index is 0.111. The van der Waals surface area contributed by atoms with Crippen LogP contribution in [-0.4, -0.2) is 30.1 Å². The van der Waals surface area contributed by atoms with Crippen LogP contribution in [0.15, 0.2) is 18.3 Å². The van der Waals surface area contributed by atoms with Crippen LogP contribution in [-0.2, 0) is 4.74 Å². The Hall–Kier alpha value is -1.66. The number of amides is 1. The van der Waals surface area contributed by atoms with Crippen LogP contribution >= 0.6 is 11.3 Å². The molecule has 0 aromatic carbocycles. The third kappa shape index (κ3) is 2.17. The maximum absolute atomic E-state index is 12.2. The zero-order valence-corrected chi connectivity index (χ0v) is 11.4. The molecule has 0 unspecified atom stereocenters. The van der Waals surface area contributed by atoms with Crippen LogP contribution in [0.25, 0.3) is 10.2 Å². The second kappa shape index (κ2) is 4.79. The molecule has 1 amide bonds. The highest BCUT2D eigenvalue weighted by Crippen LogP contribution is 2.32. The number of thiophene rings is 1. The number of hydrogen-bond donors (Lipinski definition) is 2. The number of hydrogen-bond acceptors (Lipinski definition) is 5. The lowest BCUT2D eigenvalue weighted by atomic mass is 9.89. The Kier molecular flexibility index (Phi) is 3.12. The smallest absolute Gasteiger partial charge is 0.263 e. The molecule has 2 aromatic rings. The van der Waals surface area contributed by atoms with E-state index < -0.39 is 0 Å². The Morgan fingerprint density at radius 3 is 3.05 bits per heavy atom. The number of fused-ring (bicyclic) bond motifs is 1. The number of nitrogens with zero attached hydrogens (tertiary/aromatic N) is 1. The first-order valence-corrected chi connectivity index (χ1v) is 6.97. The number of nitrogens with two attached hydrogens (primary N) is 1. The maximum Gasteiger partial charge on any atom is 0.263 e. The molecule has 6 heteroatoms. The van der Waals surface area contributed by atoms with Crippen molar-refractivity contribution in [2.24, 2.45) is 0 Å². The van der Waals surface area contributed by atoms with Gasteiger partial charge in [0.2, 0.25) is 0 Å². The molecule has 1 saturated carbocycles. The van der Waals surface area contributed by atoms with Crippen molar-refractivity contribution in [3.63, 3.8) is 0 Å². The molecular weight excluding hydrogens is 262 g/mol. The minimum Gasteiger partial charge on any atom is -0.397 e. The zero-order valence-electron chi connectivity index (χ0n) is 10.6. The van der Waals surface area contributed by atoms with E-state index in [1.54, 1.807) is 13.3 Å². The molecule has 0 radical (unpaired) electrons. The summed E-state index contributed by atoms with van der Waals surface area (Å²) in [5, 5.41) is 3.83. The lowest BCUT2D eigenvalue weighted by Crippen LogP contribution is -2.47. The highest BCUT2D eigenvalue weighted by molar-refractivity contribution is 7.21. The predicted octanol–water partition coefficient (Wildman–Crippen LogP) is 1.79. The van der Waals surface area contributed by atoms with E-state index in [0.717, 1.165) is 23.1 Å². The van der Waals surface area contributed by atoms with Crippen molar-refractivity contribution in [1.29, 1.82) is 0 Å². The molecule has 0 bridgehead atoms. The van der Waals surface area contributed by atoms with E-state index in [2.05, 4.69) is 10.3 Å². The van der Waals surface area contributed by atoms with Crippen molar-refractivity contribution >= 4 is 33.1 Å². The number of aromatic nitrogens is 1. The van der Waals surface area contributed by atoms with Crippen LogP contribution in [0.4, 0.5) is 5.69 Å². The van der Waals surface area contributed by atoms with Gasteiger partial charge in [0.05, 0.1) is 11.8 Å². The van der Waals surface area contributed by atoms with E-state index >= 15 is 0 Å². The van der Waals surface area contributed by atoms with Crippen LogP contribution in [0.1, 0.15) is 22.5 Å². The number of pyridine rings is 1. The second-order valence-electron chi connectivity index (χ2n) is 4.70. The normalized spacial score (nSPS) is 22.2. The summed E-state index contributed by atoms with van der Waals surface area (Å²) in [5.41, 5.74) is 6.53. The highest BCUT2D eigenvalue weighted by atomic mass is 32.1. The molecule has 0 atom stereocenters. The SMILES string of the molecule is COC1CC(NC(=O)c2sc3ncccc3c2N)C1. The molecule has 1 aliphatic rings. The average molecular weight is 277 g/mol. The second-order valence-corrected chi connectivity index (χ2v) is 5.70. The Morgan fingerprint density at radius 2 is 2.37 bits per heavy atom. The number of ether oxygens (including phenoxy) is 1. The number of carbonyl (C=O) groups is 1. The maximum atomic E-state index is 12.2. The molecular formula is C13H15N3O2S. The van der Waals surface area contributed by atoms with Gasteiger partial charge in [-0.05, 0) is 25.0 Å². The van der Waals surface area contributed by atoms with Gasteiger partial charge < -0.3 is 15.8 Å². The van der Waals surface area contributed by atoms with Crippen LogP contribution in [0, 0.1) is 0 Å². The molecule has 0 aliphatic heterocycles. The van der Waals surface area contributed by atoms with Gasteiger partial charge in [-0.3, -0.25) is 4.79 Å². The number of rotatable bonds is 3. The first-order valence-electron chi connectivity index (χ1n) is 6.15. The van der Waals surface area contributed by atoms with E-state index in [0.29, 0.717) is 10.6 Å². The van der Waals surface area contributed by atoms with Crippen LogP contribution in [0.3, 0.4) is 0 Å². The van der Waals surface area contributed by atoms with E-state index in [4.69, 9.17) is 10.5 Å². The van der Waals surface area contributed by atoms with Gasteiger partial charge in [-0.15, -0.1) is 11.3 Å². The Morgan fingerprint density at radius 1 is 1.58 bits per heavy atom. The van der Waals surface area contributed by atoms with E-state index in [9.17, 15) is 4.79 Å². The molecule has 1 aliphatic carbocycles. The lowest BCUT2D eigenvalue weighted by molar-refractivity contribution is 0.0177. The fourth-order valence-corrected chi connectivity index (χ4v) is 3.21. The number of carbonyl (C=O) groups excluding carboxylic acids is 1. The Labute approximate surface area is 114 Å². The number of anilines is 1. The van der Waals surface area contributed by atoms with E-state index in [1.807, 2.05) is 12.1 Å². The largest absolute Gasteiger partial charge is 0.397 e. The molecule has 0 spiro atoms. The zero-order chi connectivity index (χ0) is 13.4. The molecule has 2 aromatic heterocycles. The fourth-order valence-electron chi connectivity index (χ4n) is 2.25. The molecule has 3 rings (SSSR count). The molecule has 1 fully saturated rings. The van der Waals surface area contributed by atoms with Gasteiger partial charge in [0.15, 0.2) is 0 Å². The van der Waals surface area contributed by atoms with Gasteiger partial charge in [-0.2, -0.15) is 0 Å².